The predicted molar refractivity (Wildman–Crippen MR) is 65.4 cm³/mol. The van der Waals surface area contributed by atoms with Gasteiger partial charge in [-0.15, -0.1) is 0 Å². The quantitative estimate of drug-likeness (QED) is 0.508. The maximum Gasteiger partial charge on any atom is 0.295 e. The molecular weight excluding hydrogens is 239 g/mol. The normalized spacial score (nSPS) is 14.8. The van der Waals surface area contributed by atoms with Gasteiger partial charge in [-0.2, -0.15) is 0 Å². The van der Waals surface area contributed by atoms with Crippen molar-refractivity contribution in [2.45, 2.75) is 18.9 Å². The predicted octanol–water partition coefficient (Wildman–Crippen LogP) is 2.87. The van der Waals surface area contributed by atoms with Crippen LogP contribution in [0.15, 0.2) is 24.3 Å². The zero-order valence-electron chi connectivity index (χ0n) is 9.85. The summed E-state index contributed by atoms with van der Waals surface area (Å²) in [6.07, 6.45) is 5.61. The maximum atomic E-state index is 13.4. The molecule has 0 heterocycles. The molecule has 96 valence electrons. The highest BCUT2D eigenvalue weighted by molar-refractivity contribution is 5.65. The van der Waals surface area contributed by atoms with E-state index in [1.54, 1.807) is 0 Å². The summed E-state index contributed by atoms with van der Waals surface area (Å²) >= 11 is 0. The lowest BCUT2D eigenvalue weighted by atomic mass is 10.2. The van der Waals surface area contributed by atoms with Gasteiger partial charge in [0.1, 0.15) is 5.69 Å². The minimum atomic E-state index is -0.737. The number of methoxy groups -OCH3 is 1. The molecule has 0 saturated carbocycles. The summed E-state index contributed by atoms with van der Waals surface area (Å²) in [6, 6.07) is 2.31. The summed E-state index contributed by atoms with van der Waals surface area (Å²) in [7, 11) is 1.32. The van der Waals surface area contributed by atoms with Gasteiger partial charge in [0, 0.05) is 12.1 Å². The topological polar surface area (TPSA) is 64.4 Å². The van der Waals surface area contributed by atoms with Crippen molar-refractivity contribution >= 4 is 11.4 Å². The smallest absolute Gasteiger partial charge is 0.295 e. The number of hydrogen-bond acceptors (Lipinski definition) is 4. The van der Waals surface area contributed by atoms with Gasteiger partial charge in [0.05, 0.1) is 18.1 Å². The molecule has 0 amide bonds. The minimum absolute atomic E-state index is 0.00550. The molecule has 6 heteroatoms. The third-order valence-electron chi connectivity index (χ3n) is 2.83. The highest BCUT2D eigenvalue weighted by atomic mass is 19.1. The van der Waals surface area contributed by atoms with Crippen LogP contribution in [0.1, 0.15) is 12.8 Å². The van der Waals surface area contributed by atoms with Crippen molar-refractivity contribution in [1.29, 1.82) is 0 Å². The summed E-state index contributed by atoms with van der Waals surface area (Å²) in [6.45, 7) is 0. The number of benzene rings is 1. The van der Waals surface area contributed by atoms with E-state index in [0.29, 0.717) is 0 Å². The number of ether oxygens (including phenoxy) is 1. The molecule has 1 N–H and O–H groups in total. The van der Waals surface area contributed by atoms with Crippen LogP contribution >= 0.6 is 0 Å². The Bertz CT molecular complexity index is 494. The molecule has 0 bridgehead atoms. The van der Waals surface area contributed by atoms with E-state index in [1.165, 1.54) is 13.2 Å². The number of rotatable bonds is 4. The third kappa shape index (κ3) is 2.42. The van der Waals surface area contributed by atoms with Crippen LogP contribution in [0, 0.1) is 15.9 Å². The first kappa shape index (κ1) is 12.3. The molecule has 1 aromatic carbocycles. The van der Waals surface area contributed by atoms with Gasteiger partial charge in [0.15, 0.2) is 11.6 Å². The third-order valence-corrected chi connectivity index (χ3v) is 2.83. The lowest BCUT2D eigenvalue weighted by Crippen LogP contribution is -2.16. The Kier molecular flexibility index (Phi) is 3.45. The second-order valence-electron chi connectivity index (χ2n) is 4.05. The van der Waals surface area contributed by atoms with Crippen molar-refractivity contribution in [1.82, 2.24) is 0 Å². The summed E-state index contributed by atoms with van der Waals surface area (Å²) in [5.74, 6) is -0.742. The number of hydrogen-bond donors (Lipinski definition) is 1. The van der Waals surface area contributed by atoms with Gasteiger partial charge in [0.25, 0.3) is 5.69 Å². The highest BCUT2D eigenvalue weighted by Crippen LogP contribution is 2.33. The lowest BCUT2D eigenvalue weighted by molar-refractivity contribution is -0.384. The van der Waals surface area contributed by atoms with Crippen LogP contribution in [-0.2, 0) is 0 Å². The molecule has 18 heavy (non-hydrogen) atoms. The molecule has 0 aromatic heterocycles. The van der Waals surface area contributed by atoms with E-state index in [1.807, 2.05) is 12.2 Å². The van der Waals surface area contributed by atoms with Crippen LogP contribution in [0.5, 0.6) is 5.75 Å². The van der Waals surface area contributed by atoms with Gasteiger partial charge in [-0.3, -0.25) is 10.1 Å². The Labute approximate surface area is 103 Å². The Morgan fingerprint density at radius 1 is 1.44 bits per heavy atom. The number of nitrogens with zero attached hydrogens (tertiary/aromatic N) is 1. The highest BCUT2D eigenvalue weighted by Gasteiger charge is 2.21. The average Bonchev–Trinajstić information content (AvgIpc) is 2.83. The van der Waals surface area contributed by atoms with Gasteiger partial charge in [0.2, 0.25) is 0 Å². The number of anilines is 1. The lowest BCUT2D eigenvalue weighted by Gasteiger charge is -2.14. The molecule has 0 saturated heterocycles. The number of halogens is 1. The Morgan fingerprint density at radius 2 is 2.11 bits per heavy atom. The zero-order valence-corrected chi connectivity index (χ0v) is 9.85. The fourth-order valence-corrected chi connectivity index (χ4v) is 1.92. The molecule has 0 unspecified atom stereocenters. The number of nitro groups is 1. The number of nitrogens with one attached hydrogen (secondary N) is 1. The first-order valence-electron chi connectivity index (χ1n) is 5.55. The van der Waals surface area contributed by atoms with E-state index in [4.69, 9.17) is 4.74 Å². The minimum Gasteiger partial charge on any atom is -0.494 e. The monoisotopic (exact) mass is 252 g/mol. The Morgan fingerprint density at radius 3 is 2.67 bits per heavy atom. The molecule has 1 aliphatic rings. The van der Waals surface area contributed by atoms with Crippen molar-refractivity contribution in [2.24, 2.45) is 0 Å². The van der Waals surface area contributed by atoms with E-state index in [-0.39, 0.29) is 23.2 Å². The van der Waals surface area contributed by atoms with Crippen molar-refractivity contribution < 1.29 is 14.1 Å². The first-order chi connectivity index (χ1) is 8.61. The van der Waals surface area contributed by atoms with E-state index >= 15 is 0 Å². The largest absolute Gasteiger partial charge is 0.494 e. The van der Waals surface area contributed by atoms with Gasteiger partial charge >= 0.3 is 0 Å². The van der Waals surface area contributed by atoms with E-state index in [0.717, 1.165) is 18.9 Å². The zero-order chi connectivity index (χ0) is 13.1. The van der Waals surface area contributed by atoms with E-state index in [9.17, 15) is 14.5 Å². The van der Waals surface area contributed by atoms with Gasteiger partial charge in [-0.05, 0) is 12.8 Å². The van der Waals surface area contributed by atoms with Gasteiger partial charge in [-0.1, -0.05) is 12.2 Å². The SMILES string of the molecule is COc1cc(NC2CC=CC2)c([N+](=O)[O-])cc1F. The van der Waals surface area contributed by atoms with Crippen LogP contribution in [0.25, 0.3) is 0 Å². The molecular formula is C12H13FN2O3. The van der Waals surface area contributed by atoms with Crippen molar-refractivity contribution in [3.63, 3.8) is 0 Å². The molecule has 0 fully saturated rings. The van der Waals surface area contributed by atoms with Gasteiger partial charge in [-0.25, -0.2) is 4.39 Å². The summed E-state index contributed by atoms with van der Waals surface area (Å²) in [4.78, 5) is 10.3. The molecule has 0 atom stereocenters. The van der Waals surface area contributed by atoms with Crippen LogP contribution < -0.4 is 10.1 Å². The summed E-state index contributed by atoms with van der Waals surface area (Å²) < 4.78 is 18.3. The van der Waals surface area contributed by atoms with Crippen LogP contribution in [0.3, 0.4) is 0 Å². The maximum absolute atomic E-state index is 13.4. The van der Waals surface area contributed by atoms with E-state index in [2.05, 4.69) is 5.32 Å². The van der Waals surface area contributed by atoms with Crippen LogP contribution in [0.2, 0.25) is 0 Å². The van der Waals surface area contributed by atoms with Crippen LogP contribution in [0.4, 0.5) is 15.8 Å². The van der Waals surface area contributed by atoms with E-state index < -0.39 is 10.7 Å². The second-order valence-corrected chi connectivity index (χ2v) is 4.05. The fraction of sp³-hybridized carbons (Fsp3) is 0.333. The second kappa shape index (κ2) is 5.03. The molecule has 0 aliphatic heterocycles. The average molecular weight is 252 g/mol. The van der Waals surface area contributed by atoms with Gasteiger partial charge < -0.3 is 10.1 Å². The Hall–Kier alpha value is -2.11. The van der Waals surface area contributed by atoms with Crippen molar-refractivity contribution in [3.05, 3.63) is 40.2 Å². The Balaban J connectivity index is 2.32. The molecule has 1 aromatic rings. The van der Waals surface area contributed by atoms with Crippen molar-refractivity contribution in [2.75, 3.05) is 12.4 Å². The molecule has 0 spiro atoms. The first-order valence-corrected chi connectivity index (χ1v) is 5.55. The number of nitro benzene ring substituents is 1. The molecule has 0 radical (unpaired) electrons. The summed E-state index contributed by atoms with van der Waals surface area (Å²) in [5, 5.41) is 13.9. The standard InChI is InChI=1S/C12H13FN2O3/c1-18-12-7-10(14-8-4-2-3-5-8)11(15(16)17)6-9(12)13/h2-3,6-8,14H,4-5H2,1H3. The summed E-state index contributed by atoms with van der Waals surface area (Å²) in [5.41, 5.74) is 0.00662. The molecule has 2 rings (SSSR count). The van der Waals surface area contributed by atoms with Crippen LogP contribution in [-0.4, -0.2) is 18.1 Å². The molecule has 5 nitrogen and oxygen atoms in total. The van der Waals surface area contributed by atoms with Crippen molar-refractivity contribution in [3.8, 4) is 5.75 Å². The molecule has 1 aliphatic carbocycles. The fourth-order valence-electron chi connectivity index (χ4n) is 1.92.